The molecule has 0 saturated carbocycles. The molecule has 2 aliphatic rings. The first kappa shape index (κ1) is 11.5. The standard InChI is InChI=1S/C14H13ClN2O2/c1-17-13-8(7-19-17)6-18-14-10(13)5-11(15)9-3-2-4-16-12(9)14/h2-5,8,13H,6-7H2,1H3/t8-,13+/m1/s1. The maximum atomic E-state index is 6.38. The van der Waals surface area contributed by atoms with Crippen molar-refractivity contribution in [1.29, 1.82) is 0 Å². The molecule has 0 bridgehead atoms. The van der Waals surface area contributed by atoms with Crippen LogP contribution in [0.2, 0.25) is 5.02 Å². The Kier molecular flexibility index (Phi) is 2.45. The third-order valence-electron chi connectivity index (χ3n) is 3.92. The molecule has 3 heterocycles. The number of hydrogen-bond acceptors (Lipinski definition) is 4. The van der Waals surface area contributed by atoms with E-state index in [1.165, 1.54) is 0 Å². The number of hydrogen-bond donors (Lipinski definition) is 0. The van der Waals surface area contributed by atoms with Gasteiger partial charge in [-0.05, 0) is 18.2 Å². The first-order valence-corrected chi connectivity index (χ1v) is 6.69. The Morgan fingerprint density at radius 3 is 3.21 bits per heavy atom. The maximum absolute atomic E-state index is 6.38. The molecule has 0 radical (unpaired) electrons. The van der Waals surface area contributed by atoms with Crippen LogP contribution < -0.4 is 4.74 Å². The lowest BCUT2D eigenvalue weighted by molar-refractivity contribution is -0.111. The lowest BCUT2D eigenvalue weighted by Crippen LogP contribution is -2.29. The van der Waals surface area contributed by atoms with Gasteiger partial charge in [0, 0.05) is 30.1 Å². The molecule has 1 fully saturated rings. The number of halogens is 1. The highest BCUT2D eigenvalue weighted by Gasteiger charge is 2.41. The van der Waals surface area contributed by atoms with E-state index in [4.69, 9.17) is 21.2 Å². The van der Waals surface area contributed by atoms with Gasteiger partial charge in [-0.2, -0.15) is 5.06 Å². The fourth-order valence-electron chi connectivity index (χ4n) is 3.03. The summed E-state index contributed by atoms with van der Waals surface area (Å²) in [7, 11) is 1.95. The third-order valence-corrected chi connectivity index (χ3v) is 4.23. The molecule has 4 nitrogen and oxygen atoms in total. The monoisotopic (exact) mass is 276 g/mol. The van der Waals surface area contributed by atoms with E-state index in [0.29, 0.717) is 24.2 Å². The van der Waals surface area contributed by atoms with Crippen molar-refractivity contribution in [3.05, 3.63) is 35.0 Å². The normalized spacial score (nSPS) is 26.0. The van der Waals surface area contributed by atoms with Crippen LogP contribution in [0.3, 0.4) is 0 Å². The minimum atomic E-state index is 0.202. The van der Waals surface area contributed by atoms with Crippen LogP contribution in [0, 0.1) is 5.92 Å². The molecule has 4 rings (SSSR count). The predicted octanol–water partition coefficient (Wildman–Crippen LogP) is 2.81. The number of rotatable bonds is 0. The summed E-state index contributed by atoms with van der Waals surface area (Å²) >= 11 is 6.38. The zero-order valence-corrected chi connectivity index (χ0v) is 11.2. The number of benzene rings is 1. The van der Waals surface area contributed by atoms with Gasteiger partial charge < -0.3 is 4.74 Å². The van der Waals surface area contributed by atoms with Gasteiger partial charge in [-0.1, -0.05) is 11.6 Å². The smallest absolute Gasteiger partial charge is 0.150 e. The highest BCUT2D eigenvalue weighted by Crippen LogP contribution is 2.46. The molecule has 2 atom stereocenters. The van der Waals surface area contributed by atoms with Gasteiger partial charge in [-0.15, -0.1) is 0 Å². The molecule has 19 heavy (non-hydrogen) atoms. The Labute approximate surface area is 115 Å². The summed E-state index contributed by atoms with van der Waals surface area (Å²) < 4.78 is 5.93. The van der Waals surface area contributed by atoms with Gasteiger partial charge in [0.1, 0.15) is 5.52 Å². The summed E-state index contributed by atoms with van der Waals surface area (Å²) in [5, 5.41) is 3.55. The summed E-state index contributed by atoms with van der Waals surface area (Å²) in [6.07, 6.45) is 1.77. The molecule has 0 N–H and O–H groups in total. The molecule has 1 aromatic heterocycles. The van der Waals surface area contributed by atoms with E-state index in [1.54, 1.807) is 6.20 Å². The highest BCUT2D eigenvalue weighted by atomic mass is 35.5. The Balaban J connectivity index is 2.00. The summed E-state index contributed by atoms with van der Waals surface area (Å²) in [5.41, 5.74) is 1.91. The van der Waals surface area contributed by atoms with Crippen molar-refractivity contribution in [2.75, 3.05) is 20.3 Å². The minimum absolute atomic E-state index is 0.202. The second kappa shape index (κ2) is 4.07. The van der Waals surface area contributed by atoms with Gasteiger partial charge in [-0.25, -0.2) is 0 Å². The van der Waals surface area contributed by atoms with Crippen LogP contribution in [0.1, 0.15) is 11.6 Å². The summed E-state index contributed by atoms with van der Waals surface area (Å²) in [4.78, 5) is 10.0. The summed E-state index contributed by atoms with van der Waals surface area (Å²) in [5.74, 6) is 1.20. The molecule has 0 spiro atoms. The second-order valence-corrected chi connectivity index (χ2v) is 5.44. The quantitative estimate of drug-likeness (QED) is 0.741. The van der Waals surface area contributed by atoms with E-state index in [0.717, 1.165) is 22.2 Å². The number of ether oxygens (including phenoxy) is 1. The topological polar surface area (TPSA) is 34.6 Å². The molecular weight excluding hydrogens is 264 g/mol. The van der Waals surface area contributed by atoms with E-state index < -0.39 is 0 Å². The van der Waals surface area contributed by atoms with Gasteiger partial charge in [0.25, 0.3) is 0 Å². The zero-order chi connectivity index (χ0) is 13.0. The average molecular weight is 277 g/mol. The number of pyridine rings is 1. The highest BCUT2D eigenvalue weighted by molar-refractivity contribution is 6.35. The Morgan fingerprint density at radius 2 is 2.32 bits per heavy atom. The van der Waals surface area contributed by atoms with Crippen molar-refractivity contribution in [3.63, 3.8) is 0 Å². The fraction of sp³-hybridized carbons (Fsp3) is 0.357. The van der Waals surface area contributed by atoms with E-state index in [1.807, 2.05) is 30.3 Å². The van der Waals surface area contributed by atoms with Crippen molar-refractivity contribution >= 4 is 22.5 Å². The Hall–Kier alpha value is -1.36. The van der Waals surface area contributed by atoms with Crippen LogP contribution in [0.25, 0.3) is 10.9 Å². The zero-order valence-electron chi connectivity index (χ0n) is 10.5. The summed E-state index contributed by atoms with van der Waals surface area (Å²) in [6.45, 7) is 1.35. The van der Waals surface area contributed by atoms with E-state index in [2.05, 4.69) is 4.98 Å². The third kappa shape index (κ3) is 1.57. The fourth-order valence-corrected chi connectivity index (χ4v) is 3.30. The van der Waals surface area contributed by atoms with E-state index in [9.17, 15) is 0 Å². The second-order valence-electron chi connectivity index (χ2n) is 5.03. The van der Waals surface area contributed by atoms with Crippen LogP contribution in [-0.4, -0.2) is 30.3 Å². The van der Waals surface area contributed by atoms with Gasteiger partial charge in [0.15, 0.2) is 5.75 Å². The van der Waals surface area contributed by atoms with Crippen LogP contribution in [0.4, 0.5) is 0 Å². The van der Waals surface area contributed by atoms with Crippen molar-refractivity contribution in [2.45, 2.75) is 6.04 Å². The first-order chi connectivity index (χ1) is 9.25. The largest absolute Gasteiger partial charge is 0.490 e. The molecule has 0 aliphatic carbocycles. The van der Waals surface area contributed by atoms with Gasteiger partial charge in [0.2, 0.25) is 0 Å². The van der Waals surface area contributed by atoms with Crippen LogP contribution >= 0.6 is 11.6 Å². The van der Waals surface area contributed by atoms with Crippen LogP contribution in [0.5, 0.6) is 5.75 Å². The SMILES string of the molecule is CN1OC[C@H]2COc3c(cc(Cl)c4cccnc34)[C@H]21. The van der Waals surface area contributed by atoms with Crippen LogP contribution in [-0.2, 0) is 4.84 Å². The Bertz CT molecular complexity index is 661. The molecule has 1 aromatic carbocycles. The predicted molar refractivity (Wildman–Crippen MR) is 72.2 cm³/mol. The number of aromatic nitrogens is 1. The molecule has 0 unspecified atom stereocenters. The first-order valence-electron chi connectivity index (χ1n) is 6.31. The summed E-state index contributed by atoms with van der Waals surface area (Å²) in [6, 6.07) is 6.04. The van der Waals surface area contributed by atoms with Gasteiger partial charge in [0.05, 0.1) is 24.3 Å². The lowest BCUT2D eigenvalue weighted by atomic mass is 9.91. The molecular formula is C14H13ClN2O2. The molecule has 2 aliphatic heterocycles. The van der Waals surface area contributed by atoms with Crippen molar-refractivity contribution in [2.24, 2.45) is 5.92 Å². The van der Waals surface area contributed by atoms with E-state index in [-0.39, 0.29) is 6.04 Å². The molecule has 98 valence electrons. The minimum Gasteiger partial charge on any atom is -0.490 e. The maximum Gasteiger partial charge on any atom is 0.150 e. The molecule has 5 heteroatoms. The number of hydroxylamine groups is 2. The van der Waals surface area contributed by atoms with Gasteiger partial charge in [-0.3, -0.25) is 9.82 Å². The Morgan fingerprint density at radius 1 is 1.42 bits per heavy atom. The van der Waals surface area contributed by atoms with Crippen LogP contribution in [0.15, 0.2) is 24.4 Å². The van der Waals surface area contributed by atoms with E-state index >= 15 is 0 Å². The lowest BCUT2D eigenvalue weighted by Gasteiger charge is -2.30. The number of nitrogens with zero attached hydrogens (tertiary/aromatic N) is 2. The molecule has 1 saturated heterocycles. The van der Waals surface area contributed by atoms with Crippen molar-refractivity contribution in [3.8, 4) is 5.75 Å². The van der Waals surface area contributed by atoms with Crippen molar-refractivity contribution < 1.29 is 9.57 Å². The van der Waals surface area contributed by atoms with Gasteiger partial charge >= 0.3 is 0 Å². The number of fused-ring (bicyclic) bond motifs is 5. The molecule has 2 aromatic rings. The van der Waals surface area contributed by atoms with Crippen molar-refractivity contribution in [1.82, 2.24) is 10.0 Å². The average Bonchev–Trinajstić information content (AvgIpc) is 2.81. The molecule has 0 amide bonds.